The van der Waals surface area contributed by atoms with Gasteiger partial charge in [0.1, 0.15) is 0 Å². The highest BCUT2D eigenvalue weighted by Gasteiger charge is 2.16. The fourth-order valence-corrected chi connectivity index (χ4v) is 3.92. The highest BCUT2D eigenvalue weighted by Crippen LogP contribution is 2.24. The van der Waals surface area contributed by atoms with Gasteiger partial charge >= 0.3 is 0 Å². The summed E-state index contributed by atoms with van der Waals surface area (Å²) in [6.07, 6.45) is 4.60. The predicted octanol–water partition coefficient (Wildman–Crippen LogP) is 5.18. The Kier molecular flexibility index (Phi) is 7.52. The van der Waals surface area contributed by atoms with Crippen LogP contribution in [0.1, 0.15) is 58.9 Å². The van der Waals surface area contributed by atoms with Crippen LogP contribution in [-0.4, -0.2) is 15.3 Å². The first-order chi connectivity index (χ1) is 12.0. The molecule has 2 rings (SSSR count). The monoisotopic (exact) mass is 357 g/mol. The number of nitriles is 1. The summed E-state index contributed by atoms with van der Waals surface area (Å²) in [4.78, 5) is 17.8. The van der Waals surface area contributed by atoms with Crippen molar-refractivity contribution in [1.82, 2.24) is 9.55 Å². The summed E-state index contributed by atoms with van der Waals surface area (Å²) in [5, 5.41) is 10.2. The molecule has 0 radical (unpaired) electrons. The van der Waals surface area contributed by atoms with Crippen molar-refractivity contribution < 1.29 is 0 Å². The summed E-state index contributed by atoms with van der Waals surface area (Å²) in [5.74, 6) is 1.48. The number of unbranched alkanes of at least 4 members (excludes halogenated alkanes) is 1. The molecular formula is C20H27N3OS. The van der Waals surface area contributed by atoms with Gasteiger partial charge in [0, 0.05) is 18.2 Å². The summed E-state index contributed by atoms with van der Waals surface area (Å²) >= 11 is 1.58. The minimum Gasteiger partial charge on any atom is -0.284 e. The third kappa shape index (κ3) is 5.34. The van der Waals surface area contributed by atoms with Crippen molar-refractivity contribution in [3.05, 3.63) is 34.6 Å². The number of hydrogen-bond donors (Lipinski definition) is 0. The Bertz CT molecular complexity index is 792. The number of benzene rings is 1. The second-order valence-electron chi connectivity index (χ2n) is 6.87. The van der Waals surface area contributed by atoms with Crippen LogP contribution in [0.25, 0.3) is 10.9 Å². The lowest BCUT2D eigenvalue weighted by Crippen LogP contribution is -2.26. The largest absolute Gasteiger partial charge is 0.284 e. The number of hydrogen-bond acceptors (Lipinski definition) is 4. The lowest BCUT2D eigenvalue weighted by atomic mass is 10.0. The molecule has 0 aliphatic carbocycles. The van der Waals surface area contributed by atoms with E-state index in [1.807, 2.05) is 28.8 Å². The first kappa shape index (κ1) is 19.5. The van der Waals surface area contributed by atoms with Gasteiger partial charge in [0.15, 0.2) is 5.16 Å². The lowest BCUT2D eigenvalue weighted by molar-refractivity contribution is 0.414. The fraction of sp³-hybridized carbons (Fsp3) is 0.550. The fourth-order valence-electron chi connectivity index (χ4n) is 2.88. The molecule has 25 heavy (non-hydrogen) atoms. The number of nitrogens with zero attached hydrogens (tertiary/aromatic N) is 3. The summed E-state index contributed by atoms with van der Waals surface area (Å²) in [6, 6.07) is 9.84. The first-order valence-corrected chi connectivity index (χ1v) is 10.0. The topological polar surface area (TPSA) is 58.7 Å². The highest BCUT2D eigenvalue weighted by atomic mass is 32.2. The standard InChI is InChI=1S/C20H27N3OS/c1-15(2)9-8-10-16(3)23-19(24)17-11-4-5-12-18(17)22-20(23)25-14-7-6-13-21/h4-5,11-12,15-16H,6-10,14H2,1-3H3. The first-order valence-electron chi connectivity index (χ1n) is 9.05. The maximum atomic E-state index is 13.0. The molecule has 1 aromatic heterocycles. The molecule has 1 unspecified atom stereocenters. The van der Waals surface area contributed by atoms with Crippen molar-refractivity contribution in [2.45, 2.75) is 64.1 Å². The van der Waals surface area contributed by atoms with E-state index in [0.717, 1.165) is 35.7 Å². The van der Waals surface area contributed by atoms with E-state index in [4.69, 9.17) is 10.2 Å². The normalized spacial score (nSPS) is 12.4. The average Bonchev–Trinajstić information content (AvgIpc) is 2.58. The average molecular weight is 358 g/mol. The minimum absolute atomic E-state index is 0.0467. The van der Waals surface area contributed by atoms with Crippen molar-refractivity contribution in [2.24, 2.45) is 5.92 Å². The Balaban J connectivity index is 2.31. The number of fused-ring (bicyclic) bond motifs is 1. The van der Waals surface area contributed by atoms with Gasteiger partial charge in [-0.3, -0.25) is 9.36 Å². The highest BCUT2D eigenvalue weighted by molar-refractivity contribution is 7.99. The third-order valence-electron chi connectivity index (χ3n) is 4.28. The van der Waals surface area contributed by atoms with E-state index in [-0.39, 0.29) is 11.6 Å². The number of para-hydroxylation sites is 1. The van der Waals surface area contributed by atoms with Gasteiger partial charge in [0.2, 0.25) is 0 Å². The molecule has 0 amide bonds. The van der Waals surface area contributed by atoms with Gasteiger partial charge in [-0.05, 0) is 37.8 Å². The number of thioether (sulfide) groups is 1. The van der Waals surface area contributed by atoms with Crippen molar-refractivity contribution in [1.29, 1.82) is 5.26 Å². The van der Waals surface area contributed by atoms with E-state index in [2.05, 4.69) is 26.8 Å². The minimum atomic E-state index is 0.0467. The van der Waals surface area contributed by atoms with Crippen molar-refractivity contribution in [2.75, 3.05) is 5.75 Å². The molecular weight excluding hydrogens is 330 g/mol. The Morgan fingerprint density at radius 3 is 2.68 bits per heavy atom. The molecule has 134 valence electrons. The maximum absolute atomic E-state index is 13.0. The van der Waals surface area contributed by atoms with Crippen LogP contribution in [0, 0.1) is 17.2 Å². The van der Waals surface area contributed by atoms with Gasteiger partial charge in [0.25, 0.3) is 5.56 Å². The smallest absolute Gasteiger partial charge is 0.262 e. The third-order valence-corrected chi connectivity index (χ3v) is 5.32. The van der Waals surface area contributed by atoms with Crippen LogP contribution in [0.2, 0.25) is 0 Å². The summed E-state index contributed by atoms with van der Waals surface area (Å²) < 4.78 is 1.86. The molecule has 0 saturated heterocycles. The van der Waals surface area contributed by atoms with Crippen molar-refractivity contribution in [3.63, 3.8) is 0 Å². The van der Waals surface area contributed by atoms with Crippen LogP contribution in [0.5, 0.6) is 0 Å². The van der Waals surface area contributed by atoms with Crippen LogP contribution >= 0.6 is 11.8 Å². The van der Waals surface area contributed by atoms with Crippen LogP contribution in [0.3, 0.4) is 0 Å². The van der Waals surface area contributed by atoms with Gasteiger partial charge in [-0.25, -0.2) is 4.98 Å². The van der Waals surface area contributed by atoms with Gasteiger partial charge in [-0.2, -0.15) is 5.26 Å². The zero-order valence-corrected chi connectivity index (χ0v) is 16.2. The van der Waals surface area contributed by atoms with Crippen LogP contribution in [0.4, 0.5) is 0 Å². The molecule has 0 aliphatic rings. The van der Waals surface area contributed by atoms with Crippen LogP contribution < -0.4 is 5.56 Å². The van der Waals surface area contributed by atoms with Gasteiger partial charge in [0.05, 0.1) is 17.0 Å². The molecule has 4 nitrogen and oxygen atoms in total. The van der Waals surface area contributed by atoms with Gasteiger partial charge in [-0.1, -0.05) is 50.6 Å². The van der Waals surface area contributed by atoms with E-state index < -0.39 is 0 Å². The maximum Gasteiger partial charge on any atom is 0.262 e. The zero-order chi connectivity index (χ0) is 18.2. The molecule has 1 heterocycles. The number of aromatic nitrogens is 2. The molecule has 2 aromatic rings. The molecule has 0 spiro atoms. The quantitative estimate of drug-likeness (QED) is 0.352. The molecule has 5 heteroatoms. The second-order valence-corrected chi connectivity index (χ2v) is 7.93. The molecule has 0 fully saturated rings. The Morgan fingerprint density at radius 1 is 1.20 bits per heavy atom. The SMILES string of the molecule is CC(C)CCCC(C)n1c(SCCCC#N)nc2ccccc2c1=O. The summed E-state index contributed by atoms with van der Waals surface area (Å²) in [5.41, 5.74) is 0.798. The second kappa shape index (κ2) is 9.62. The van der Waals surface area contributed by atoms with E-state index in [1.54, 1.807) is 11.8 Å². The van der Waals surface area contributed by atoms with Crippen LogP contribution in [0.15, 0.2) is 34.2 Å². The van der Waals surface area contributed by atoms with E-state index in [1.165, 1.54) is 6.42 Å². The Hall–Kier alpha value is -1.80. The van der Waals surface area contributed by atoms with E-state index >= 15 is 0 Å². The van der Waals surface area contributed by atoms with Crippen molar-refractivity contribution >= 4 is 22.7 Å². The van der Waals surface area contributed by atoms with Gasteiger partial charge in [-0.15, -0.1) is 0 Å². The number of rotatable bonds is 9. The molecule has 1 atom stereocenters. The molecule has 0 aliphatic heterocycles. The molecule has 1 aromatic carbocycles. The van der Waals surface area contributed by atoms with Crippen LogP contribution in [-0.2, 0) is 0 Å². The predicted molar refractivity (Wildman–Crippen MR) is 105 cm³/mol. The van der Waals surface area contributed by atoms with E-state index in [9.17, 15) is 4.79 Å². The molecule has 0 saturated carbocycles. The van der Waals surface area contributed by atoms with E-state index in [0.29, 0.717) is 17.7 Å². The Morgan fingerprint density at radius 2 is 1.96 bits per heavy atom. The summed E-state index contributed by atoms with van der Waals surface area (Å²) in [6.45, 7) is 6.56. The van der Waals surface area contributed by atoms with Gasteiger partial charge < -0.3 is 0 Å². The van der Waals surface area contributed by atoms with Crippen molar-refractivity contribution in [3.8, 4) is 6.07 Å². The zero-order valence-electron chi connectivity index (χ0n) is 15.4. The molecule has 0 bridgehead atoms. The molecule has 0 N–H and O–H groups in total. The summed E-state index contributed by atoms with van der Waals surface area (Å²) in [7, 11) is 0. The Labute approximate surface area is 154 Å². The lowest BCUT2D eigenvalue weighted by Gasteiger charge is -2.20.